The Morgan fingerprint density at radius 2 is 2.03 bits per heavy atom. The van der Waals surface area contributed by atoms with Gasteiger partial charge in [-0.2, -0.15) is 5.10 Å². The van der Waals surface area contributed by atoms with E-state index in [1.165, 1.54) is 17.2 Å². The van der Waals surface area contributed by atoms with Gasteiger partial charge in [0.05, 0.1) is 41.3 Å². The molecule has 0 bridgehead atoms. The van der Waals surface area contributed by atoms with Gasteiger partial charge in [0.2, 0.25) is 0 Å². The van der Waals surface area contributed by atoms with E-state index in [0.717, 1.165) is 18.4 Å². The van der Waals surface area contributed by atoms with Crippen LogP contribution in [0.15, 0.2) is 36.9 Å². The quantitative estimate of drug-likeness (QED) is 0.400. The molecule has 9 heteroatoms. The van der Waals surface area contributed by atoms with E-state index in [9.17, 15) is 14.3 Å². The van der Waals surface area contributed by atoms with E-state index in [4.69, 9.17) is 0 Å². The number of aliphatic hydroxyl groups excluding tert-OH is 1. The molecule has 4 aromatic rings. The second kappa shape index (κ2) is 9.22. The minimum Gasteiger partial charge on any atom is -0.391 e. The van der Waals surface area contributed by atoms with Gasteiger partial charge in [-0.3, -0.25) is 9.48 Å². The summed E-state index contributed by atoms with van der Waals surface area (Å²) in [4.78, 5) is 20.6. The normalized spacial score (nSPS) is 18.2. The number of benzene rings is 2. The molecule has 182 valence electrons. The summed E-state index contributed by atoms with van der Waals surface area (Å²) in [5.74, 6) is -2.19. The van der Waals surface area contributed by atoms with Crippen molar-refractivity contribution in [3.8, 4) is 11.1 Å². The number of carbonyl (C=O) groups excluding carboxylic acids is 1. The molecule has 0 aliphatic heterocycles. The lowest BCUT2D eigenvalue weighted by Crippen LogP contribution is -2.45. The van der Waals surface area contributed by atoms with E-state index in [0.29, 0.717) is 40.6 Å². The summed E-state index contributed by atoms with van der Waals surface area (Å²) >= 11 is 0. The van der Waals surface area contributed by atoms with Gasteiger partial charge in [-0.05, 0) is 42.5 Å². The average Bonchev–Trinajstić information content (AvgIpc) is 3.50. The van der Waals surface area contributed by atoms with E-state index in [-0.39, 0.29) is 29.5 Å². The van der Waals surface area contributed by atoms with Crippen LogP contribution < -0.4 is 5.32 Å². The van der Waals surface area contributed by atoms with E-state index in [2.05, 4.69) is 20.4 Å². The molecule has 2 heterocycles. The number of hydrogen-bond donors (Lipinski definition) is 3. The molecule has 1 amide bonds. The fourth-order valence-electron chi connectivity index (χ4n) is 4.89. The van der Waals surface area contributed by atoms with E-state index in [1.54, 1.807) is 31.4 Å². The minimum absolute atomic E-state index is 0.0943. The monoisotopic (exact) mass is 479 g/mol. The molecule has 0 radical (unpaired) electrons. The van der Waals surface area contributed by atoms with Crippen molar-refractivity contribution in [2.75, 3.05) is 0 Å². The highest BCUT2D eigenvalue weighted by Crippen LogP contribution is 2.30. The summed E-state index contributed by atoms with van der Waals surface area (Å²) in [7, 11) is 1.71. The summed E-state index contributed by atoms with van der Waals surface area (Å²) in [6, 6.07) is 4.50. The van der Waals surface area contributed by atoms with Gasteiger partial charge in [-0.25, -0.2) is 13.8 Å². The lowest BCUT2D eigenvalue weighted by Gasteiger charge is -2.28. The molecule has 0 unspecified atom stereocenters. The molecule has 1 saturated carbocycles. The topological polar surface area (TPSA) is 95.8 Å². The Kier molecular flexibility index (Phi) is 6.10. The van der Waals surface area contributed by atoms with Crippen LogP contribution in [0.3, 0.4) is 0 Å². The van der Waals surface area contributed by atoms with Crippen LogP contribution in [0, 0.1) is 18.6 Å². The fraction of sp³-hybridized carbons (Fsp3) is 0.346. The number of H-pyrrole nitrogens is 1. The summed E-state index contributed by atoms with van der Waals surface area (Å²) in [6.45, 7) is 1.85. The molecule has 1 aliphatic rings. The molecule has 35 heavy (non-hydrogen) atoms. The number of aromatic nitrogens is 4. The van der Waals surface area contributed by atoms with E-state index < -0.39 is 17.7 Å². The molecule has 0 saturated heterocycles. The van der Waals surface area contributed by atoms with E-state index >= 15 is 4.39 Å². The maximum atomic E-state index is 15.1. The van der Waals surface area contributed by atoms with E-state index in [1.807, 2.05) is 6.92 Å². The number of amides is 1. The van der Waals surface area contributed by atoms with Crippen molar-refractivity contribution in [1.82, 2.24) is 25.1 Å². The Hall–Kier alpha value is -3.59. The van der Waals surface area contributed by atoms with Crippen LogP contribution in [-0.4, -0.2) is 42.9 Å². The van der Waals surface area contributed by atoms with Gasteiger partial charge in [0, 0.05) is 30.8 Å². The van der Waals surface area contributed by atoms with Crippen LogP contribution >= 0.6 is 0 Å². The van der Waals surface area contributed by atoms with Crippen molar-refractivity contribution >= 4 is 16.9 Å². The zero-order valence-electron chi connectivity index (χ0n) is 19.6. The van der Waals surface area contributed by atoms with Gasteiger partial charge in [-0.15, -0.1) is 0 Å². The van der Waals surface area contributed by atoms with Crippen LogP contribution in [0.4, 0.5) is 8.78 Å². The van der Waals surface area contributed by atoms with Crippen LogP contribution in [0.25, 0.3) is 22.2 Å². The van der Waals surface area contributed by atoms with Crippen molar-refractivity contribution in [3.05, 3.63) is 70.8 Å². The second-order valence-corrected chi connectivity index (χ2v) is 9.25. The van der Waals surface area contributed by atoms with Gasteiger partial charge in [0.15, 0.2) is 11.6 Å². The van der Waals surface area contributed by atoms with Gasteiger partial charge in [0.1, 0.15) is 0 Å². The van der Waals surface area contributed by atoms with Crippen LogP contribution in [0.1, 0.15) is 52.7 Å². The predicted octanol–water partition coefficient (Wildman–Crippen LogP) is 4.17. The highest BCUT2D eigenvalue weighted by molar-refractivity contribution is 6.06. The number of aryl methyl sites for hydroxylation is 2. The smallest absolute Gasteiger partial charge is 0.253 e. The standard InChI is InChI=1S/C26H27F2N5O2/c1-14-16(9-15-7-8-18(23(28)22(15)27)17-11-31-33(2)12-17)10-19(25-24(14)29-13-30-25)26(35)32-20-5-3-4-6-21(20)34/h7-8,10-13,20-21,34H,3-6,9H2,1-2H3,(H,29,30)(H,32,35)/t20-,21-/m0/s1. The third-order valence-corrected chi connectivity index (χ3v) is 6.91. The van der Waals surface area contributed by atoms with Crippen molar-refractivity contribution in [3.63, 3.8) is 0 Å². The first-order valence-corrected chi connectivity index (χ1v) is 11.7. The first kappa shape index (κ1) is 23.2. The number of aromatic amines is 1. The van der Waals surface area contributed by atoms with Crippen LogP contribution in [0.5, 0.6) is 0 Å². The Morgan fingerprint density at radius 3 is 2.77 bits per heavy atom. The molecular formula is C26H27F2N5O2. The highest BCUT2D eigenvalue weighted by atomic mass is 19.2. The summed E-state index contributed by atoms with van der Waals surface area (Å²) in [5.41, 5.74) is 3.82. The van der Waals surface area contributed by atoms with Gasteiger partial charge >= 0.3 is 0 Å². The van der Waals surface area contributed by atoms with Gasteiger partial charge < -0.3 is 15.4 Å². The molecular weight excluding hydrogens is 452 g/mol. The minimum atomic E-state index is -0.932. The molecule has 2 atom stereocenters. The van der Waals surface area contributed by atoms with Crippen LogP contribution in [0.2, 0.25) is 0 Å². The fourth-order valence-corrected chi connectivity index (χ4v) is 4.89. The lowest BCUT2D eigenvalue weighted by molar-refractivity contribution is 0.0718. The number of carbonyl (C=O) groups is 1. The molecule has 0 spiro atoms. The molecule has 1 aliphatic carbocycles. The SMILES string of the molecule is Cc1c(Cc2ccc(-c3cnn(C)c3)c(F)c2F)cc(C(=O)N[C@H]2CCCC[C@@H]2O)c2[nH]cnc12. The van der Waals surface area contributed by atoms with Crippen molar-refractivity contribution in [1.29, 1.82) is 0 Å². The lowest BCUT2D eigenvalue weighted by atomic mass is 9.91. The summed E-state index contributed by atoms with van der Waals surface area (Å²) in [5, 5.41) is 17.2. The van der Waals surface area contributed by atoms with Gasteiger partial charge in [0.25, 0.3) is 5.91 Å². The summed E-state index contributed by atoms with van der Waals surface area (Å²) in [6.07, 6.45) is 7.39. The molecule has 5 rings (SSSR count). The van der Waals surface area contributed by atoms with Crippen molar-refractivity contribution in [2.45, 2.75) is 51.2 Å². The Labute approximate surface area is 201 Å². The molecule has 3 N–H and O–H groups in total. The molecule has 1 fully saturated rings. The Morgan fingerprint density at radius 1 is 1.23 bits per heavy atom. The van der Waals surface area contributed by atoms with Gasteiger partial charge in [-0.1, -0.05) is 25.0 Å². The first-order valence-electron chi connectivity index (χ1n) is 11.7. The third-order valence-electron chi connectivity index (χ3n) is 6.91. The zero-order chi connectivity index (χ0) is 24.7. The van der Waals surface area contributed by atoms with Crippen LogP contribution in [-0.2, 0) is 13.5 Å². The third kappa shape index (κ3) is 4.32. The number of nitrogens with one attached hydrogen (secondary N) is 2. The predicted molar refractivity (Wildman–Crippen MR) is 128 cm³/mol. The zero-order valence-corrected chi connectivity index (χ0v) is 19.6. The second-order valence-electron chi connectivity index (χ2n) is 9.25. The Bertz CT molecular complexity index is 1410. The first-order chi connectivity index (χ1) is 16.8. The maximum Gasteiger partial charge on any atom is 0.253 e. The largest absolute Gasteiger partial charge is 0.391 e. The highest BCUT2D eigenvalue weighted by Gasteiger charge is 2.27. The maximum absolute atomic E-state index is 15.1. The number of nitrogens with zero attached hydrogens (tertiary/aromatic N) is 3. The number of imidazole rings is 1. The number of aliphatic hydroxyl groups is 1. The van der Waals surface area contributed by atoms with Crippen molar-refractivity contribution < 1.29 is 18.7 Å². The Balaban J connectivity index is 1.49. The summed E-state index contributed by atoms with van der Waals surface area (Å²) < 4.78 is 31.6. The number of halogens is 2. The average molecular weight is 480 g/mol. The molecule has 2 aromatic carbocycles. The number of fused-ring (bicyclic) bond motifs is 1. The number of hydrogen-bond acceptors (Lipinski definition) is 4. The number of rotatable bonds is 5. The molecule has 2 aromatic heterocycles. The molecule has 7 nitrogen and oxygen atoms in total. The van der Waals surface area contributed by atoms with Crippen molar-refractivity contribution in [2.24, 2.45) is 7.05 Å².